The van der Waals surface area contributed by atoms with Gasteiger partial charge in [0.15, 0.2) is 0 Å². The smallest absolute Gasteiger partial charge is 0.135 e. The zero-order chi connectivity index (χ0) is 15.5. The van der Waals surface area contributed by atoms with Crippen molar-refractivity contribution in [2.45, 2.75) is 76.9 Å². The molecule has 2 rings (SSSR count). The minimum absolute atomic E-state index is 0.0105. The highest BCUT2D eigenvalue weighted by Gasteiger charge is 2.31. The summed E-state index contributed by atoms with van der Waals surface area (Å²) < 4.78 is 0. The van der Waals surface area contributed by atoms with Gasteiger partial charge in [0.25, 0.3) is 0 Å². The van der Waals surface area contributed by atoms with Gasteiger partial charge in [-0.25, -0.2) is 9.97 Å². The summed E-state index contributed by atoms with van der Waals surface area (Å²) in [5, 5.41) is 13.1. The Morgan fingerprint density at radius 2 is 1.86 bits per heavy atom. The molecule has 2 N–H and O–H groups in total. The summed E-state index contributed by atoms with van der Waals surface area (Å²) >= 11 is 0. The highest BCUT2D eigenvalue weighted by atomic mass is 28.3. The van der Waals surface area contributed by atoms with E-state index in [1.807, 2.05) is 0 Å². The zero-order valence-electron chi connectivity index (χ0n) is 13.8. The number of hydrogen-bond acceptors (Lipinski definition) is 4. The minimum atomic E-state index is -1.00. The van der Waals surface area contributed by atoms with Crippen LogP contribution in [0.1, 0.15) is 43.9 Å². The van der Waals surface area contributed by atoms with Gasteiger partial charge in [0.05, 0.1) is 12.3 Å². The lowest BCUT2D eigenvalue weighted by Crippen LogP contribution is -2.35. The van der Waals surface area contributed by atoms with Crippen LogP contribution in [0.15, 0.2) is 6.33 Å². The molecule has 1 fully saturated rings. The zero-order valence-corrected chi connectivity index (χ0v) is 14.8. The molecule has 1 saturated carbocycles. The Labute approximate surface area is 129 Å². The third kappa shape index (κ3) is 4.04. The SMILES string of the molecule is CCc1ncnc(NC2CCC([Si](C)(C)C)CC2)c1CO. The molecule has 0 aliphatic heterocycles. The fraction of sp³-hybridized carbons (Fsp3) is 0.750. The van der Waals surface area contributed by atoms with Crippen molar-refractivity contribution in [1.29, 1.82) is 0 Å². The van der Waals surface area contributed by atoms with Gasteiger partial charge in [0.1, 0.15) is 12.1 Å². The average molecular weight is 308 g/mol. The number of aromatic nitrogens is 2. The van der Waals surface area contributed by atoms with Gasteiger partial charge >= 0.3 is 0 Å². The lowest BCUT2D eigenvalue weighted by Gasteiger charge is -2.36. The molecular weight excluding hydrogens is 278 g/mol. The van der Waals surface area contributed by atoms with E-state index in [2.05, 4.69) is 41.8 Å². The molecule has 4 nitrogen and oxygen atoms in total. The summed E-state index contributed by atoms with van der Waals surface area (Å²) in [7, 11) is -1.00. The van der Waals surface area contributed by atoms with Crippen LogP contribution < -0.4 is 5.32 Å². The largest absolute Gasteiger partial charge is 0.391 e. The van der Waals surface area contributed by atoms with Crippen molar-refractivity contribution < 1.29 is 5.11 Å². The summed E-state index contributed by atoms with van der Waals surface area (Å²) in [5.41, 5.74) is 2.77. The van der Waals surface area contributed by atoms with Crippen molar-refractivity contribution in [3.05, 3.63) is 17.6 Å². The van der Waals surface area contributed by atoms with E-state index in [4.69, 9.17) is 0 Å². The molecular formula is C16H29N3OSi. The Bertz CT molecular complexity index is 465. The highest BCUT2D eigenvalue weighted by Crippen LogP contribution is 2.37. The monoisotopic (exact) mass is 307 g/mol. The van der Waals surface area contributed by atoms with E-state index in [0.717, 1.165) is 29.0 Å². The number of aryl methyl sites for hydroxylation is 1. The molecule has 118 valence electrons. The summed E-state index contributed by atoms with van der Waals surface area (Å²) in [6, 6.07) is 0.488. The van der Waals surface area contributed by atoms with Crippen LogP contribution in [0.3, 0.4) is 0 Å². The normalized spacial score (nSPS) is 23.1. The molecule has 1 aliphatic rings. The van der Waals surface area contributed by atoms with E-state index in [9.17, 15) is 5.11 Å². The first-order chi connectivity index (χ1) is 9.95. The molecule has 1 aromatic heterocycles. The van der Waals surface area contributed by atoms with Gasteiger partial charge in [-0.2, -0.15) is 0 Å². The van der Waals surface area contributed by atoms with Crippen LogP contribution in [0.4, 0.5) is 5.82 Å². The van der Waals surface area contributed by atoms with E-state index >= 15 is 0 Å². The fourth-order valence-corrected chi connectivity index (χ4v) is 5.41. The van der Waals surface area contributed by atoms with Crippen molar-refractivity contribution in [3.8, 4) is 0 Å². The second-order valence-electron chi connectivity index (χ2n) is 7.22. The Morgan fingerprint density at radius 3 is 2.38 bits per heavy atom. The van der Waals surface area contributed by atoms with Gasteiger partial charge in [-0.1, -0.05) is 39.4 Å². The summed E-state index contributed by atoms with van der Waals surface area (Å²) in [6.07, 6.45) is 7.52. The minimum Gasteiger partial charge on any atom is -0.391 e. The van der Waals surface area contributed by atoms with E-state index < -0.39 is 8.07 Å². The molecule has 0 unspecified atom stereocenters. The predicted octanol–water partition coefficient (Wildman–Crippen LogP) is 3.59. The van der Waals surface area contributed by atoms with Crippen LogP contribution in [0, 0.1) is 0 Å². The molecule has 0 aromatic carbocycles. The number of aliphatic hydroxyl groups excluding tert-OH is 1. The molecule has 0 atom stereocenters. The Balaban J connectivity index is 2.01. The number of nitrogens with one attached hydrogen (secondary N) is 1. The van der Waals surface area contributed by atoms with Crippen LogP contribution >= 0.6 is 0 Å². The number of rotatable bonds is 5. The van der Waals surface area contributed by atoms with E-state index in [-0.39, 0.29) is 6.61 Å². The number of anilines is 1. The van der Waals surface area contributed by atoms with E-state index in [1.165, 1.54) is 25.7 Å². The lowest BCUT2D eigenvalue weighted by molar-refractivity contribution is 0.280. The summed E-state index contributed by atoms with van der Waals surface area (Å²) in [5.74, 6) is 0.834. The summed E-state index contributed by atoms with van der Waals surface area (Å²) in [4.78, 5) is 8.61. The Kier molecular flexibility index (Phi) is 5.38. The molecule has 21 heavy (non-hydrogen) atoms. The predicted molar refractivity (Wildman–Crippen MR) is 90.3 cm³/mol. The van der Waals surface area contributed by atoms with Gasteiger partial charge in [0, 0.05) is 19.7 Å². The fourth-order valence-electron chi connectivity index (χ4n) is 3.34. The molecule has 1 aliphatic carbocycles. The third-order valence-electron chi connectivity index (χ3n) is 4.82. The van der Waals surface area contributed by atoms with Crippen LogP contribution in [0.25, 0.3) is 0 Å². The topological polar surface area (TPSA) is 58.0 Å². The van der Waals surface area contributed by atoms with Gasteiger partial charge in [-0.15, -0.1) is 0 Å². The van der Waals surface area contributed by atoms with E-state index in [0.29, 0.717) is 6.04 Å². The van der Waals surface area contributed by atoms with Crippen LogP contribution in [-0.4, -0.2) is 29.2 Å². The molecule has 5 heteroatoms. The number of hydrogen-bond donors (Lipinski definition) is 2. The maximum atomic E-state index is 9.59. The van der Waals surface area contributed by atoms with Crippen LogP contribution in [0.2, 0.25) is 25.2 Å². The number of aliphatic hydroxyl groups is 1. The molecule has 1 aromatic rings. The van der Waals surface area contributed by atoms with Gasteiger partial charge in [0.2, 0.25) is 0 Å². The standard InChI is InChI=1S/C16H29N3OSi/c1-5-15-14(10-20)16(18-11-17-15)19-12-6-8-13(9-7-12)21(2,3)4/h11-13,20H,5-10H2,1-4H3,(H,17,18,19). The highest BCUT2D eigenvalue weighted by molar-refractivity contribution is 6.77. The van der Waals surface area contributed by atoms with Crippen molar-refractivity contribution in [2.24, 2.45) is 0 Å². The lowest BCUT2D eigenvalue weighted by atomic mass is 9.94. The molecule has 0 saturated heterocycles. The quantitative estimate of drug-likeness (QED) is 0.816. The second-order valence-corrected chi connectivity index (χ2v) is 12.8. The van der Waals surface area contributed by atoms with Crippen LogP contribution in [0.5, 0.6) is 0 Å². The van der Waals surface area contributed by atoms with Gasteiger partial charge in [-0.3, -0.25) is 0 Å². The molecule has 1 heterocycles. The second kappa shape index (κ2) is 6.88. The molecule has 0 bridgehead atoms. The Morgan fingerprint density at radius 1 is 1.19 bits per heavy atom. The molecule has 0 spiro atoms. The van der Waals surface area contributed by atoms with Gasteiger partial charge < -0.3 is 10.4 Å². The van der Waals surface area contributed by atoms with Gasteiger partial charge in [-0.05, 0) is 24.8 Å². The van der Waals surface area contributed by atoms with Crippen LogP contribution in [-0.2, 0) is 13.0 Å². The Hall–Kier alpha value is -0.943. The first kappa shape index (κ1) is 16.4. The van der Waals surface area contributed by atoms with Crippen molar-refractivity contribution in [2.75, 3.05) is 5.32 Å². The maximum absolute atomic E-state index is 9.59. The molecule has 0 radical (unpaired) electrons. The third-order valence-corrected chi connectivity index (χ3v) is 7.85. The first-order valence-electron chi connectivity index (χ1n) is 8.15. The average Bonchev–Trinajstić information content (AvgIpc) is 2.46. The summed E-state index contributed by atoms with van der Waals surface area (Å²) in [6.45, 7) is 9.51. The molecule has 0 amide bonds. The maximum Gasteiger partial charge on any atom is 0.135 e. The van der Waals surface area contributed by atoms with E-state index in [1.54, 1.807) is 6.33 Å². The van der Waals surface area contributed by atoms with Crippen molar-refractivity contribution in [1.82, 2.24) is 9.97 Å². The van der Waals surface area contributed by atoms with Crippen molar-refractivity contribution in [3.63, 3.8) is 0 Å². The number of nitrogens with zero attached hydrogens (tertiary/aromatic N) is 2. The van der Waals surface area contributed by atoms with Crippen molar-refractivity contribution >= 4 is 13.9 Å². The first-order valence-corrected chi connectivity index (χ1v) is 11.7.